The molecule has 0 saturated heterocycles. The Kier molecular flexibility index (Phi) is 9.15. The summed E-state index contributed by atoms with van der Waals surface area (Å²) in [6, 6.07) is 0. The summed E-state index contributed by atoms with van der Waals surface area (Å²) in [5.74, 6) is -1.94. The summed E-state index contributed by atoms with van der Waals surface area (Å²) in [5.41, 5.74) is 2.41. The maximum absolute atomic E-state index is 12.6. The normalized spacial score (nSPS) is 12.4. The molecule has 0 aromatic heterocycles. The van der Waals surface area contributed by atoms with E-state index in [1.165, 1.54) is 12.5 Å². The van der Waals surface area contributed by atoms with Gasteiger partial charge in [0.15, 0.2) is 11.6 Å². The number of phenolic OH excluding ortho intramolecular Hbond substituents is 2. The first-order valence-corrected chi connectivity index (χ1v) is 10.1. The van der Waals surface area contributed by atoms with Crippen LogP contribution in [0.1, 0.15) is 87.1 Å². The smallest absolute Gasteiger partial charge is 0.173 e. The van der Waals surface area contributed by atoms with Crippen LogP contribution in [-0.4, -0.2) is 28.4 Å². The van der Waals surface area contributed by atoms with Crippen molar-refractivity contribution in [1.29, 1.82) is 0 Å². The number of ketones is 2. The Hall–Kier alpha value is -2.56. The van der Waals surface area contributed by atoms with Crippen LogP contribution in [-0.2, 0) is 0 Å². The van der Waals surface area contributed by atoms with Crippen LogP contribution in [0.3, 0.4) is 0 Å². The van der Waals surface area contributed by atoms with E-state index in [-0.39, 0.29) is 40.7 Å². The molecule has 0 aliphatic heterocycles. The molecule has 1 rings (SSSR count). The molecule has 0 radical (unpaired) electrons. The lowest BCUT2D eigenvalue weighted by Gasteiger charge is -2.19. The van der Waals surface area contributed by atoms with Crippen molar-refractivity contribution in [2.75, 3.05) is 6.61 Å². The summed E-state index contributed by atoms with van der Waals surface area (Å²) in [6.45, 7) is 12.8. The van der Waals surface area contributed by atoms with Crippen LogP contribution in [0, 0.1) is 12.8 Å². The fraction of sp³-hybridized carbons (Fsp3) is 0.500. The number of hydrogen-bond acceptors (Lipinski definition) is 5. The molecule has 0 heterocycles. The number of benzene rings is 1. The number of aromatic hydroxyl groups is 2. The van der Waals surface area contributed by atoms with Crippen LogP contribution in [0.2, 0.25) is 0 Å². The van der Waals surface area contributed by atoms with E-state index in [9.17, 15) is 19.8 Å². The van der Waals surface area contributed by atoms with Gasteiger partial charge in [-0.3, -0.25) is 9.59 Å². The summed E-state index contributed by atoms with van der Waals surface area (Å²) < 4.78 is 5.77. The standard InChI is InChI=1S/C24H34O5/c1-8-16(5)21(26)20-22(27)17(6)24(19(18(7)25)23(20)28)29-13-12-15(4)11-9-10-14(2)3/h10,12,16,27-28H,8-9,11,13H2,1-7H3/b15-12+/t16-/m1/s1. The molecule has 0 bridgehead atoms. The fourth-order valence-corrected chi connectivity index (χ4v) is 2.96. The Balaban J connectivity index is 3.23. The minimum Gasteiger partial charge on any atom is -0.507 e. The van der Waals surface area contributed by atoms with Gasteiger partial charge in [0.25, 0.3) is 0 Å². The molecular weight excluding hydrogens is 368 g/mol. The van der Waals surface area contributed by atoms with E-state index >= 15 is 0 Å². The van der Waals surface area contributed by atoms with Crippen LogP contribution in [0.15, 0.2) is 23.3 Å². The second kappa shape index (κ2) is 10.8. The average molecular weight is 403 g/mol. The van der Waals surface area contributed by atoms with Gasteiger partial charge in [0, 0.05) is 11.5 Å². The Morgan fingerprint density at radius 2 is 1.66 bits per heavy atom. The second-order valence-corrected chi connectivity index (χ2v) is 7.81. The number of rotatable bonds is 10. The third-order valence-corrected chi connectivity index (χ3v) is 5.04. The predicted octanol–water partition coefficient (Wildman–Crippen LogP) is 5.91. The van der Waals surface area contributed by atoms with Gasteiger partial charge in [-0.05, 0) is 60.0 Å². The third-order valence-electron chi connectivity index (χ3n) is 5.04. The van der Waals surface area contributed by atoms with Crippen molar-refractivity contribution in [3.8, 4) is 17.2 Å². The number of hydrogen-bond donors (Lipinski definition) is 2. The molecule has 0 unspecified atom stereocenters. The van der Waals surface area contributed by atoms with Gasteiger partial charge in [0.05, 0.1) is 0 Å². The van der Waals surface area contributed by atoms with Crippen LogP contribution in [0.4, 0.5) is 0 Å². The highest BCUT2D eigenvalue weighted by Gasteiger charge is 2.30. The monoisotopic (exact) mass is 402 g/mol. The first-order chi connectivity index (χ1) is 13.5. The molecule has 0 aliphatic carbocycles. The first-order valence-electron chi connectivity index (χ1n) is 10.1. The van der Waals surface area contributed by atoms with Gasteiger partial charge in [-0.25, -0.2) is 0 Å². The minimum atomic E-state index is -0.509. The molecule has 29 heavy (non-hydrogen) atoms. The van der Waals surface area contributed by atoms with Crippen molar-refractivity contribution in [3.63, 3.8) is 0 Å². The quantitative estimate of drug-likeness (QED) is 0.375. The van der Waals surface area contributed by atoms with Crippen molar-refractivity contribution in [2.45, 2.75) is 67.7 Å². The second-order valence-electron chi connectivity index (χ2n) is 7.81. The molecule has 5 heteroatoms. The number of ether oxygens (including phenoxy) is 1. The van der Waals surface area contributed by atoms with Crippen molar-refractivity contribution >= 4 is 11.6 Å². The van der Waals surface area contributed by atoms with Gasteiger partial charge >= 0.3 is 0 Å². The number of carbonyl (C=O) groups is 2. The van der Waals surface area contributed by atoms with Crippen molar-refractivity contribution in [3.05, 3.63) is 40.0 Å². The van der Waals surface area contributed by atoms with E-state index in [0.29, 0.717) is 6.42 Å². The number of allylic oxidation sites excluding steroid dienone is 3. The molecule has 2 N–H and O–H groups in total. The lowest BCUT2D eigenvalue weighted by Crippen LogP contribution is -2.14. The number of phenols is 2. The molecule has 160 valence electrons. The molecule has 1 aromatic rings. The van der Waals surface area contributed by atoms with Crippen molar-refractivity contribution in [1.82, 2.24) is 0 Å². The molecule has 0 aliphatic rings. The van der Waals surface area contributed by atoms with Crippen LogP contribution in [0.25, 0.3) is 0 Å². The van der Waals surface area contributed by atoms with Gasteiger partial charge in [0.2, 0.25) is 0 Å². The maximum Gasteiger partial charge on any atom is 0.173 e. The minimum absolute atomic E-state index is 0.0671. The highest BCUT2D eigenvalue weighted by atomic mass is 16.5. The summed E-state index contributed by atoms with van der Waals surface area (Å²) >= 11 is 0. The van der Waals surface area contributed by atoms with Gasteiger partial charge in [0.1, 0.15) is 35.0 Å². The maximum atomic E-state index is 12.6. The molecule has 0 fully saturated rings. The first kappa shape index (κ1) is 24.5. The predicted molar refractivity (Wildman–Crippen MR) is 116 cm³/mol. The van der Waals surface area contributed by atoms with E-state index in [1.807, 2.05) is 19.9 Å². The highest BCUT2D eigenvalue weighted by molar-refractivity contribution is 6.09. The van der Waals surface area contributed by atoms with E-state index in [4.69, 9.17) is 4.74 Å². The lowest BCUT2D eigenvalue weighted by atomic mass is 9.90. The largest absolute Gasteiger partial charge is 0.507 e. The average Bonchev–Trinajstić information content (AvgIpc) is 2.64. The van der Waals surface area contributed by atoms with Crippen LogP contribution < -0.4 is 4.74 Å². The SMILES string of the molecule is CC[C@@H](C)C(=O)c1c(O)c(C)c(OC/C=C(\C)CCC=C(C)C)c(C(C)=O)c1O. The molecule has 1 aromatic carbocycles. The fourth-order valence-electron chi connectivity index (χ4n) is 2.96. The van der Waals surface area contributed by atoms with Crippen LogP contribution in [0.5, 0.6) is 17.2 Å². The molecular formula is C24H34O5. The van der Waals surface area contributed by atoms with E-state index in [2.05, 4.69) is 19.9 Å². The van der Waals surface area contributed by atoms with Gasteiger partial charge in [-0.1, -0.05) is 31.1 Å². The molecule has 0 amide bonds. The summed E-state index contributed by atoms with van der Waals surface area (Å²) in [7, 11) is 0. The van der Waals surface area contributed by atoms with Gasteiger partial charge in [-0.15, -0.1) is 0 Å². The lowest BCUT2D eigenvalue weighted by molar-refractivity contribution is 0.0921. The molecule has 0 spiro atoms. The Morgan fingerprint density at radius 1 is 1.03 bits per heavy atom. The van der Waals surface area contributed by atoms with E-state index in [1.54, 1.807) is 13.8 Å². The van der Waals surface area contributed by atoms with Gasteiger partial charge < -0.3 is 14.9 Å². The topological polar surface area (TPSA) is 83.8 Å². The highest BCUT2D eigenvalue weighted by Crippen LogP contribution is 2.43. The van der Waals surface area contributed by atoms with E-state index < -0.39 is 17.3 Å². The number of carbonyl (C=O) groups excluding carboxylic acids is 2. The zero-order chi connectivity index (χ0) is 22.3. The zero-order valence-corrected chi connectivity index (χ0v) is 18.7. The summed E-state index contributed by atoms with van der Waals surface area (Å²) in [4.78, 5) is 24.8. The zero-order valence-electron chi connectivity index (χ0n) is 18.7. The number of Topliss-reactive ketones (excluding diaryl/α,β-unsaturated/α-hetero) is 2. The summed E-state index contributed by atoms with van der Waals surface area (Å²) in [6.07, 6.45) is 6.47. The van der Waals surface area contributed by atoms with Gasteiger partial charge in [-0.2, -0.15) is 0 Å². The molecule has 5 nitrogen and oxygen atoms in total. The Labute approximate surface area is 174 Å². The van der Waals surface area contributed by atoms with Crippen LogP contribution >= 0.6 is 0 Å². The van der Waals surface area contributed by atoms with E-state index in [0.717, 1.165) is 18.4 Å². The third kappa shape index (κ3) is 6.21. The van der Waals surface area contributed by atoms with Crippen molar-refractivity contribution in [2.24, 2.45) is 5.92 Å². The van der Waals surface area contributed by atoms with Crippen molar-refractivity contribution < 1.29 is 24.5 Å². The Morgan fingerprint density at radius 3 is 2.17 bits per heavy atom. The summed E-state index contributed by atoms with van der Waals surface area (Å²) in [5, 5.41) is 21.2. The molecule has 1 atom stereocenters. The molecule has 0 saturated carbocycles. The Bertz CT molecular complexity index is 826.